The number of nitrogens with zero attached hydrogens (tertiary/aromatic N) is 2. The van der Waals surface area contributed by atoms with Gasteiger partial charge in [-0.15, -0.1) is 0 Å². The van der Waals surface area contributed by atoms with E-state index < -0.39 is 5.60 Å². The maximum absolute atomic E-state index is 13.9. The van der Waals surface area contributed by atoms with E-state index in [0.29, 0.717) is 19.5 Å². The Balaban J connectivity index is 1.65. The van der Waals surface area contributed by atoms with Crippen LogP contribution in [-0.4, -0.2) is 40.9 Å². The number of ether oxygens (including phenoxy) is 1. The normalized spacial score (nSPS) is 15.3. The Labute approximate surface area is 225 Å². The highest BCUT2D eigenvalue weighted by Crippen LogP contribution is 2.40. The molecule has 1 amide bonds. The van der Waals surface area contributed by atoms with Crippen molar-refractivity contribution in [2.45, 2.75) is 89.9 Å². The molecule has 3 N–H and O–H groups in total. The predicted octanol–water partition coefficient (Wildman–Crippen LogP) is 4.60. The highest BCUT2D eigenvalue weighted by molar-refractivity contribution is 7.97. The van der Waals surface area contributed by atoms with Gasteiger partial charge in [-0.3, -0.25) is 9.36 Å². The molecule has 0 saturated carbocycles. The predicted molar refractivity (Wildman–Crippen MR) is 150 cm³/mol. The van der Waals surface area contributed by atoms with Crippen molar-refractivity contribution in [1.29, 1.82) is 0 Å². The summed E-state index contributed by atoms with van der Waals surface area (Å²) in [5.74, 6) is 1.11. The van der Waals surface area contributed by atoms with Gasteiger partial charge in [0, 0.05) is 13.0 Å². The van der Waals surface area contributed by atoms with Gasteiger partial charge in [-0.25, -0.2) is 14.5 Å². The lowest BCUT2D eigenvalue weighted by atomic mass is 9.87. The Morgan fingerprint density at radius 1 is 1.19 bits per heavy atom. The Morgan fingerprint density at radius 3 is 2.54 bits per heavy atom. The summed E-state index contributed by atoms with van der Waals surface area (Å²) in [6, 6.07) is 10.1. The van der Waals surface area contributed by atoms with Gasteiger partial charge in [0.05, 0.1) is 17.6 Å². The topological polar surface area (TPSA) is 97.3 Å². The molecule has 3 rings (SSSR count). The number of fused-ring (bicyclic) bond motifs is 1. The van der Waals surface area contributed by atoms with Crippen LogP contribution in [0.15, 0.2) is 40.2 Å². The van der Waals surface area contributed by atoms with Crippen LogP contribution in [0.2, 0.25) is 0 Å². The van der Waals surface area contributed by atoms with Gasteiger partial charge < -0.3 is 15.4 Å². The van der Waals surface area contributed by atoms with E-state index >= 15 is 0 Å². The molecule has 1 aliphatic rings. The molecule has 1 aromatic carbocycles. The maximum atomic E-state index is 13.9. The van der Waals surface area contributed by atoms with Gasteiger partial charge in [0.2, 0.25) is 0 Å². The molecular weight excluding hydrogens is 486 g/mol. The molecule has 1 aromatic heterocycles. The molecule has 2 aromatic rings. The number of nitrogens with one attached hydrogen (secondary N) is 3. The lowest BCUT2D eigenvalue weighted by molar-refractivity contribution is 0.0527. The monoisotopic (exact) mass is 529 g/mol. The molecule has 0 aliphatic carbocycles. The molecule has 9 heteroatoms. The van der Waals surface area contributed by atoms with Crippen LogP contribution in [0.4, 0.5) is 4.79 Å². The van der Waals surface area contributed by atoms with Crippen molar-refractivity contribution in [3.05, 3.63) is 57.6 Å². The summed E-state index contributed by atoms with van der Waals surface area (Å²) < 4.78 is 10.6. The fraction of sp³-hybridized carbons (Fsp3) is 0.607. The van der Waals surface area contributed by atoms with Crippen molar-refractivity contribution in [1.82, 2.24) is 24.9 Å². The van der Waals surface area contributed by atoms with Crippen LogP contribution in [0.3, 0.4) is 0 Å². The molecule has 0 bridgehead atoms. The Hall–Kier alpha value is -2.36. The van der Waals surface area contributed by atoms with Crippen molar-refractivity contribution in [3.63, 3.8) is 0 Å². The summed E-state index contributed by atoms with van der Waals surface area (Å²) >= 11 is 1.49. The molecule has 1 aliphatic heterocycles. The minimum atomic E-state index is -0.492. The van der Waals surface area contributed by atoms with Gasteiger partial charge >= 0.3 is 6.09 Å². The summed E-state index contributed by atoms with van der Waals surface area (Å²) in [5.41, 5.74) is 1.15. The fourth-order valence-corrected chi connectivity index (χ4v) is 5.76. The average molecular weight is 530 g/mol. The molecule has 1 unspecified atom stereocenters. The van der Waals surface area contributed by atoms with Crippen LogP contribution in [-0.2, 0) is 23.2 Å². The molecule has 1 atom stereocenters. The molecule has 2 heterocycles. The van der Waals surface area contributed by atoms with Crippen LogP contribution < -0.4 is 20.9 Å². The molecule has 0 spiro atoms. The Bertz CT molecular complexity index is 1090. The van der Waals surface area contributed by atoms with Gasteiger partial charge in [0.15, 0.2) is 0 Å². The van der Waals surface area contributed by atoms with E-state index in [0.717, 1.165) is 54.3 Å². The summed E-state index contributed by atoms with van der Waals surface area (Å²) in [4.78, 5) is 30.7. The number of amides is 1. The molecule has 8 nitrogen and oxygen atoms in total. The van der Waals surface area contributed by atoms with E-state index in [2.05, 4.69) is 48.3 Å². The lowest BCUT2D eigenvalue weighted by Gasteiger charge is -2.27. The second-order valence-electron chi connectivity index (χ2n) is 10.9. The first-order valence-electron chi connectivity index (χ1n) is 13.4. The van der Waals surface area contributed by atoms with Crippen LogP contribution in [0.1, 0.15) is 77.8 Å². The zero-order valence-electron chi connectivity index (χ0n) is 23.1. The van der Waals surface area contributed by atoms with E-state index in [-0.39, 0.29) is 23.1 Å². The number of alkyl carbamates (subject to hydrolysis) is 1. The quantitative estimate of drug-likeness (QED) is 0.210. The van der Waals surface area contributed by atoms with E-state index in [9.17, 15) is 9.59 Å². The van der Waals surface area contributed by atoms with E-state index in [1.807, 2.05) is 43.5 Å². The minimum absolute atomic E-state index is 0.0680. The van der Waals surface area contributed by atoms with Crippen molar-refractivity contribution >= 4 is 18.0 Å². The number of carbonyl (C=O) groups excluding carboxylic acids is 1. The first kappa shape index (κ1) is 29.2. The van der Waals surface area contributed by atoms with Gasteiger partial charge in [0.25, 0.3) is 5.56 Å². The number of benzene rings is 1. The van der Waals surface area contributed by atoms with Crippen LogP contribution >= 0.6 is 11.9 Å². The number of rotatable bonds is 12. The third kappa shape index (κ3) is 7.82. The van der Waals surface area contributed by atoms with Gasteiger partial charge in [-0.1, -0.05) is 51.1 Å². The largest absolute Gasteiger partial charge is 0.444 e. The van der Waals surface area contributed by atoms with E-state index in [1.165, 1.54) is 11.9 Å². The zero-order chi connectivity index (χ0) is 27.1. The molecule has 204 valence electrons. The standard InChI is InChI=1S/C28H43N5O3S/c1-7-28(8-2)23-24(37-32-28)31-22(33(25(23)34)19-21-13-10-9-11-14-21)17-20(3)18-29-15-12-16-30-26(35)36-27(4,5)6/h9-11,13-14,20,29,32H,7-8,12,15-19H2,1-6H3,(H,30,35). The Morgan fingerprint density at radius 2 is 1.89 bits per heavy atom. The lowest BCUT2D eigenvalue weighted by Crippen LogP contribution is -2.41. The second kappa shape index (κ2) is 12.9. The molecule has 0 fully saturated rings. The van der Waals surface area contributed by atoms with Gasteiger partial charge in [-0.2, -0.15) is 0 Å². The summed E-state index contributed by atoms with van der Waals surface area (Å²) in [6.45, 7) is 14.6. The third-order valence-corrected chi connectivity index (χ3v) is 7.63. The molecular formula is C28H43N5O3S. The van der Waals surface area contributed by atoms with E-state index in [1.54, 1.807) is 0 Å². The van der Waals surface area contributed by atoms with Crippen molar-refractivity contribution in [2.24, 2.45) is 5.92 Å². The second-order valence-corrected chi connectivity index (χ2v) is 11.7. The SMILES string of the molecule is CCC1(CC)NSc2nc(CC(C)CNCCCNC(=O)OC(C)(C)C)n(Cc3ccccc3)c(=O)c21. The third-order valence-electron chi connectivity index (χ3n) is 6.65. The highest BCUT2D eigenvalue weighted by Gasteiger charge is 2.41. The van der Waals surface area contributed by atoms with Crippen molar-refractivity contribution in [2.75, 3.05) is 19.6 Å². The first-order valence-corrected chi connectivity index (χ1v) is 14.2. The van der Waals surface area contributed by atoms with Crippen LogP contribution in [0.5, 0.6) is 0 Å². The summed E-state index contributed by atoms with van der Waals surface area (Å²) in [7, 11) is 0. The highest BCUT2D eigenvalue weighted by atomic mass is 32.2. The molecule has 37 heavy (non-hydrogen) atoms. The zero-order valence-corrected chi connectivity index (χ0v) is 24.0. The first-order chi connectivity index (χ1) is 17.6. The molecule has 0 radical (unpaired) electrons. The van der Waals surface area contributed by atoms with Crippen molar-refractivity contribution < 1.29 is 9.53 Å². The van der Waals surface area contributed by atoms with Gasteiger partial charge in [0.1, 0.15) is 16.5 Å². The number of hydrogen-bond acceptors (Lipinski definition) is 7. The number of carbonyl (C=O) groups is 1. The van der Waals surface area contributed by atoms with E-state index in [4.69, 9.17) is 9.72 Å². The van der Waals surface area contributed by atoms with Gasteiger partial charge in [-0.05, 0) is 76.6 Å². The Kier molecular flexibility index (Phi) is 10.2. The minimum Gasteiger partial charge on any atom is -0.444 e. The average Bonchev–Trinajstić information content (AvgIpc) is 3.22. The summed E-state index contributed by atoms with van der Waals surface area (Å²) in [6.07, 6.45) is 2.80. The van der Waals surface area contributed by atoms with Crippen molar-refractivity contribution in [3.8, 4) is 0 Å². The number of hydrogen-bond donors (Lipinski definition) is 3. The van der Waals surface area contributed by atoms with Crippen LogP contribution in [0.25, 0.3) is 0 Å². The summed E-state index contributed by atoms with van der Waals surface area (Å²) in [5, 5.41) is 7.08. The smallest absolute Gasteiger partial charge is 0.407 e. The molecule has 0 saturated heterocycles. The van der Waals surface area contributed by atoms with Crippen LogP contribution in [0, 0.1) is 5.92 Å². The fourth-order valence-electron chi connectivity index (χ4n) is 4.54. The maximum Gasteiger partial charge on any atom is 0.407 e. The number of aromatic nitrogens is 2.